The molecule has 0 aliphatic carbocycles. The maximum Gasteiger partial charge on any atom is 0.408 e. The van der Waals surface area contributed by atoms with Crippen LogP contribution in [0.5, 0.6) is 17.2 Å². The number of fused-ring (bicyclic) bond motifs is 1. The predicted octanol–water partition coefficient (Wildman–Crippen LogP) is 4.86. The Balaban J connectivity index is 1.37. The second kappa shape index (κ2) is 14.9. The molecular formula is C36H40N4O8. The zero-order chi connectivity index (χ0) is 35.1. The van der Waals surface area contributed by atoms with Gasteiger partial charge in [0.25, 0.3) is 11.8 Å². The van der Waals surface area contributed by atoms with Gasteiger partial charge in [0.15, 0.2) is 0 Å². The van der Waals surface area contributed by atoms with Crippen LogP contribution < -0.4 is 25.0 Å². The largest absolute Gasteiger partial charge is 0.489 e. The number of aromatic nitrogens is 1. The molecule has 1 aliphatic rings. The van der Waals surface area contributed by atoms with Crippen molar-refractivity contribution >= 4 is 29.6 Å². The first kappa shape index (κ1) is 35.3. The highest BCUT2D eigenvalue weighted by Gasteiger charge is 2.31. The van der Waals surface area contributed by atoms with E-state index in [1.807, 2.05) is 32.0 Å². The van der Waals surface area contributed by atoms with Gasteiger partial charge in [-0.2, -0.15) is 0 Å². The molecule has 252 valence electrons. The van der Waals surface area contributed by atoms with Crippen LogP contribution in [-0.2, 0) is 19.1 Å². The number of esters is 1. The fourth-order valence-corrected chi connectivity index (χ4v) is 4.33. The van der Waals surface area contributed by atoms with Crippen LogP contribution in [0.4, 0.5) is 10.5 Å². The molecule has 0 unspecified atom stereocenters. The van der Waals surface area contributed by atoms with Crippen LogP contribution >= 0.6 is 0 Å². The van der Waals surface area contributed by atoms with Crippen molar-refractivity contribution in [1.82, 2.24) is 15.6 Å². The van der Waals surface area contributed by atoms with E-state index in [-0.39, 0.29) is 24.8 Å². The van der Waals surface area contributed by atoms with E-state index in [2.05, 4.69) is 27.5 Å². The van der Waals surface area contributed by atoms with Gasteiger partial charge in [0, 0.05) is 24.9 Å². The van der Waals surface area contributed by atoms with Crippen molar-refractivity contribution in [1.29, 1.82) is 0 Å². The van der Waals surface area contributed by atoms with E-state index in [4.69, 9.17) is 18.9 Å². The minimum Gasteiger partial charge on any atom is -0.489 e. The molecule has 0 saturated carbocycles. The monoisotopic (exact) mass is 656 g/mol. The molecule has 2 heterocycles. The van der Waals surface area contributed by atoms with Gasteiger partial charge in [0.2, 0.25) is 0 Å². The third-order valence-electron chi connectivity index (χ3n) is 6.81. The normalized spacial score (nSPS) is 14.9. The zero-order valence-corrected chi connectivity index (χ0v) is 28.1. The van der Waals surface area contributed by atoms with Crippen LogP contribution in [0.15, 0.2) is 66.9 Å². The third-order valence-corrected chi connectivity index (χ3v) is 6.81. The summed E-state index contributed by atoms with van der Waals surface area (Å²) in [4.78, 5) is 56.5. The number of nitrogens with one attached hydrogen (secondary N) is 2. The van der Waals surface area contributed by atoms with Crippen LogP contribution in [0.3, 0.4) is 0 Å². The molecule has 48 heavy (non-hydrogen) atoms. The Labute approximate surface area is 280 Å². The van der Waals surface area contributed by atoms with Crippen molar-refractivity contribution < 1.29 is 38.1 Å². The average Bonchev–Trinajstić information content (AvgIpc) is 3.14. The number of anilines is 1. The lowest BCUT2D eigenvalue weighted by molar-refractivity contribution is -0.147. The van der Waals surface area contributed by atoms with E-state index < -0.39 is 41.1 Å². The standard InChI is InChI=1S/C36H40N4O8/c1-23(38-34(44)48-35(2,3)4)33(43)46-22-36(5,6)17-15-24-13-14-30-29(19-24)40(7)32(42)28(21-45-30)39-31(41)27-20-26(16-18-37-27)47-25-11-9-8-10-12-25/h8-14,16,18-20,23,28H,21-22H2,1-7H3,(H,38,44)(H,39,41)/t23-,28-/m0/s1. The van der Waals surface area contributed by atoms with Crippen molar-refractivity contribution in [2.24, 2.45) is 5.41 Å². The second-order valence-electron chi connectivity index (χ2n) is 12.8. The van der Waals surface area contributed by atoms with Crippen LogP contribution in [0.2, 0.25) is 0 Å². The van der Waals surface area contributed by atoms with Gasteiger partial charge in [-0.05, 0) is 77.9 Å². The number of pyridine rings is 1. The Kier molecular flexibility index (Phi) is 10.9. The smallest absolute Gasteiger partial charge is 0.408 e. The van der Waals surface area contributed by atoms with E-state index in [9.17, 15) is 19.2 Å². The Morgan fingerprint density at radius 3 is 2.48 bits per heavy atom. The van der Waals surface area contributed by atoms with Crippen molar-refractivity contribution in [3.8, 4) is 29.1 Å². The second-order valence-corrected chi connectivity index (χ2v) is 12.8. The maximum atomic E-state index is 13.4. The SMILES string of the molecule is C[C@H](NC(=O)OC(C)(C)C)C(=O)OCC(C)(C)C#Cc1ccc2c(c1)N(C)C(=O)[C@@H](NC(=O)c1cc(Oc3ccccc3)ccn1)CO2. The summed E-state index contributed by atoms with van der Waals surface area (Å²) >= 11 is 0. The van der Waals surface area contributed by atoms with Crippen LogP contribution in [0.25, 0.3) is 0 Å². The van der Waals surface area contributed by atoms with E-state index in [1.165, 1.54) is 24.1 Å². The lowest BCUT2D eigenvalue weighted by Gasteiger charge is -2.22. The first-order valence-corrected chi connectivity index (χ1v) is 15.3. The van der Waals surface area contributed by atoms with Crippen molar-refractivity contribution in [3.05, 3.63) is 78.1 Å². The molecule has 0 saturated heterocycles. The molecule has 3 amide bonds. The molecule has 0 fully saturated rings. The molecule has 0 bridgehead atoms. The van der Waals surface area contributed by atoms with Crippen LogP contribution in [0, 0.1) is 17.3 Å². The number of benzene rings is 2. The van der Waals surface area contributed by atoms with Gasteiger partial charge >= 0.3 is 12.1 Å². The van der Waals surface area contributed by atoms with Crippen molar-refractivity contribution in [2.45, 2.75) is 59.2 Å². The van der Waals surface area contributed by atoms with Gasteiger partial charge in [-0.3, -0.25) is 14.6 Å². The maximum absolute atomic E-state index is 13.4. The number of nitrogens with zero attached hydrogens (tertiary/aromatic N) is 2. The third kappa shape index (κ3) is 9.96. The lowest BCUT2D eigenvalue weighted by Crippen LogP contribution is -2.49. The van der Waals surface area contributed by atoms with Crippen LogP contribution in [-0.4, -0.2) is 66.8 Å². The number of ether oxygens (including phenoxy) is 4. The zero-order valence-electron chi connectivity index (χ0n) is 28.1. The molecule has 12 heteroatoms. The van der Waals surface area contributed by atoms with Gasteiger partial charge in [-0.15, -0.1) is 0 Å². The number of para-hydroxylation sites is 1. The quantitative estimate of drug-likeness (QED) is 0.256. The summed E-state index contributed by atoms with van der Waals surface area (Å²) in [6.07, 6.45) is 0.741. The molecule has 2 N–H and O–H groups in total. The summed E-state index contributed by atoms with van der Waals surface area (Å²) < 4.78 is 22.3. The fraction of sp³-hybridized carbons (Fsp3) is 0.361. The molecule has 0 radical (unpaired) electrons. The summed E-state index contributed by atoms with van der Waals surface area (Å²) in [5, 5.41) is 5.18. The summed E-state index contributed by atoms with van der Waals surface area (Å²) in [6, 6.07) is 15.5. The number of likely N-dealkylation sites (N-methyl/N-ethyl adjacent to an activating group) is 1. The highest BCUT2D eigenvalue weighted by Crippen LogP contribution is 2.32. The topological polar surface area (TPSA) is 145 Å². The molecule has 4 rings (SSSR count). The minimum atomic E-state index is -0.981. The van der Waals surface area contributed by atoms with Crippen molar-refractivity contribution in [3.63, 3.8) is 0 Å². The first-order chi connectivity index (χ1) is 22.6. The Bertz CT molecular complexity index is 1720. The summed E-state index contributed by atoms with van der Waals surface area (Å²) in [7, 11) is 1.59. The summed E-state index contributed by atoms with van der Waals surface area (Å²) in [6.45, 7) is 10.2. The van der Waals surface area contributed by atoms with E-state index >= 15 is 0 Å². The summed E-state index contributed by atoms with van der Waals surface area (Å²) in [5.74, 6) is 6.10. The number of hydrogen-bond acceptors (Lipinski definition) is 9. The van der Waals surface area contributed by atoms with Gasteiger partial charge in [-0.25, -0.2) is 9.59 Å². The lowest BCUT2D eigenvalue weighted by atomic mass is 9.95. The first-order valence-electron chi connectivity index (χ1n) is 15.3. The molecule has 3 aromatic rings. The molecule has 12 nitrogen and oxygen atoms in total. The molecule has 0 spiro atoms. The Morgan fingerprint density at radius 1 is 1.04 bits per heavy atom. The minimum absolute atomic E-state index is 0.0247. The van der Waals surface area contributed by atoms with Gasteiger partial charge < -0.3 is 34.5 Å². The highest BCUT2D eigenvalue weighted by atomic mass is 16.6. The Morgan fingerprint density at radius 2 is 1.77 bits per heavy atom. The fourth-order valence-electron chi connectivity index (χ4n) is 4.33. The predicted molar refractivity (Wildman–Crippen MR) is 178 cm³/mol. The van der Waals surface area contributed by atoms with E-state index in [0.717, 1.165) is 0 Å². The molecule has 2 aromatic carbocycles. The van der Waals surface area contributed by atoms with E-state index in [0.29, 0.717) is 28.5 Å². The Hall–Kier alpha value is -5.57. The number of rotatable bonds is 8. The number of hydrogen-bond donors (Lipinski definition) is 2. The summed E-state index contributed by atoms with van der Waals surface area (Å²) in [5.41, 5.74) is -0.277. The number of carbonyl (C=O) groups is 4. The van der Waals surface area contributed by atoms with Crippen LogP contribution in [0.1, 0.15) is 57.6 Å². The molecular weight excluding hydrogens is 616 g/mol. The molecule has 2 atom stereocenters. The van der Waals surface area contributed by atoms with Gasteiger partial charge in [-0.1, -0.05) is 30.0 Å². The molecule has 1 aromatic heterocycles. The van der Waals surface area contributed by atoms with E-state index in [1.54, 1.807) is 64.2 Å². The number of amides is 3. The number of alkyl carbamates (subject to hydrolysis) is 1. The highest BCUT2D eigenvalue weighted by molar-refractivity contribution is 6.03. The van der Waals surface area contributed by atoms with Crippen molar-refractivity contribution in [2.75, 3.05) is 25.2 Å². The van der Waals surface area contributed by atoms with Gasteiger partial charge in [0.05, 0.1) is 11.1 Å². The number of carbonyl (C=O) groups excluding carboxylic acids is 4. The molecule has 1 aliphatic heterocycles. The van der Waals surface area contributed by atoms with Gasteiger partial charge in [0.1, 0.15) is 53.8 Å². The average molecular weight is 657 g/mol.